The molecule has 2 aliphatic carbocycles. The molecule has 2 aliphatic rings. The van der Waals surface area contributed by atoms with Crippen molar-refractivity contribution in [3.63, 3.8) is 0 Å². The maximum Gasteiger partial charge on any atom is -0.0357 e. The van der Waals surface area contributed by atoms with Crippen LogP contribution in [0.5, 0.6) is 0 Å². The highest BCUT2D eigenvalue weighted by atomic mass is 14.4. The Hall–Kier alpha value is 0. The SMILES string of the molecule is CC1CC2CCC(C)C2CC1C. The fourth-order valence-corrected chi connectivity index (χ4v) is 3.46. The average Bonchev–Trinajstić information content (AvgIpc) is 2.35. The summed E-state index contributed by atoms with van der Waals surface area (Å²) in [7, 11) is 0. The van der Waals surface area contributed by atoms with Gasteiger partial charge in [0.05, 0.1) is 0 Å². The predicted octanol–water partition coefficient (Wildman–Crippen LogP) is 3.71. The van der Waals surface area contributed by atoms with Crippen LogP contribution in [0.15, 0.2) is 0 Å². The fourth-order valence-electron chi connectivity index (χ4n) is 3.46. The quantitative estimate of drug-likeness (QED) is 0.514. The lowest BCUT2D eigenvalue weighted by Gasteiger charge is -2.36. The molecule has 0 aromatic heterocycles. The van der Waals surface area contributed by atoms with Crippen LogP contribution in [0.4, 0.5) is 0 Å². The van der Waals surface area contributed by atoms with Crippen LogP contribution < -0.4 is 0 Å². The summed E-state index contributed by atoms with van der Waals surface area (Å²) >= 11 is 0. The molecule has 2 saturated carbocycles. The van der Waals surface area contributed by atoms with E-state index in [9.17, 15) is 0 Å². The van der Waals surface area contributed by atoms with Crippen LogP contribution in [0.2, 0.25) is 0 Å². The lowest BCUT2D eigenvalue weighted by molar-refractivity contribution is 0.135. The van der Waals surface area contributed by atoms with Gasteiger partial charge in [0.1, 0.15) is 0 Å². The third-order valence-electron chi connectivity index (χ3n) is 4.62. The number of rotatable bonds is 0. The summed E-state index contributed by atoms with van der Waals surface area (Å²) < 4.78 is 0. The lowest BCUT2D eigenvalue weighted by atomic mass is 9.69. The molecule has 0 aromatic carbocycles. The molecule has 0 N–H and O–H groups in total. The highest BCUT2D eigenvalue weighted by Crippen LogP contribution is 2.49. The van der Waals surface area contributed by atoms with E-state index in [0.29, 0.717) is 0 Å². The second kappa shape index (κ2) is 3.05. The van der Waals surface area contributed by atoms with Gasteiger partial charge in [-0.1, -0.05) is 27.2 Å². The van der Waals surface area contributed by atoms with Gasteiger partial charge in [0, 0.05) is 0 Å². The first-order chi connectivity index (χ1) is 5.68. The van der Waals surface area contributed by atoms with Gasteiger partial charge in [0.25, 0.3) is 0 Å². The smallest absolute Gasteiger partial charge is 0.0357 e. The van der Waals surface area contributed by atoms with Crippen molar-refractivity contribution in [2.45, 2.75) is 46.5 Å². The van der Waals surface area contributed by atoms with Crippen LogP contribution in [0, 0.1) is 29.6 Å². The van der Waals surface area contributed by atoms with Gasteiger partial charge in [0.15, 0.2) is 0 Å². The summed E-state index contributed by atoms with van der Waals surface area (Å²) in [4.78, 5) is 0. The van der Waals surface area contributed by atoms with Crippen molar-refractivity contribution in [2.24, 2.45) is 29.6 Å². The van der Waals surface area contributed by atoms with Crippen molar-refractivity contribution < 1.29 is 0 Å². The van der Waals surface area contributed by atoms with Gasteiger partial charge in [-0.15, -0.1) is 0 Å². The van der Waals surface area contributed by atoms with E-state index in [4.69, 9.17) is 0 Å². The summed E-state index contributed by atoms with van der Waals surface area (Å²) in [6, 6.07) is 0. The Kier molecular flexibility index (Phi) is 2.18. The van der Waals surface area contributed by atoms with Crippen LogP contribution in [0.1, 0.15) is 46.5 Å². The molecular formula is C12H22. The molecule has 0 heterocycles. The maximum absolute atomic E-state index is 2.47. The Bertz CT molecular complexity index is 161. The molecule has 70 valence electrons. The molecule has 0 radical (unpaired) electrons. The molecule has 0 amide bonds. The van der Waals surface area contributed by atoms with E-state index in [0.717, 1.165) is 29.6 Å². The van der Waals surface area contributed by atoms with Gasteiger partial charge < -0.3 is 0 Å². The second-order valence-corrected chi connectivity index (χ2v) is 5.40. The van der Waals surface area contributed by atoms with Crippen molar-refractivity contribution >= 4 is 0 Å². The summed E-state index contributed by atoms with van der Waals surface area (Å²) in [5.74, 6) is 5.22. The Morgan fingerprint density at radius 2 is 1.42 bits per heavy atom. The van der Waals surface area contributed by atoms with Crippen LogP contribution >= 0.6 is 0 Å². The van der Waals surface area contributed by atoms with Crippen molar-refractivity contribution in [1.82, 2.24) is 0 Å². The van der Waals surface area contributed by atoms with E-state index in [1.807, 2.05) is 0 Å². The largest absolute Gasteiger partial charge is 0.0622 e. The first-order valence-electron chi connectivity index (χ1n) is 5.68. The number of hydrogen-bond acceptors (Lipinski definition) is 0. The molecular weight excluding hydrogens is 144 g/mol. The molecule has 0 aromatic rings. The highest BCUT2D eigenvalue weighted by molar-refractivity contribution is 4.89. The first-order valence-corrected chi connectivity index (χ1v) is 5.68. The summed E-state index contributed by atoms with van der Waals surface area (Å²) in [5.41, 5.74) is 0. The average molecular weight is 166 g/mol. The van der Waals surface area contributed by atoms with Gasteiger partial charge in [-0.3, -0.25) is 0 Å². The highest BCUT2D eigenvalue weighted by Gasteiger charge is 2.39. The Balaban J connectivity index is 2.04. The van der Waals surface area contributed by atoms with Crippen LogP contribution in [0.25, 0.3) is 0 Å². The Morgan fingerprint density at radius 1 is 0.750 bits per heavy atom. The van der Waals surface area contributed by atoms with Crippen molar-refractivity contribution in [2.75, 3.05) is 0 Å². The zero-order valence-electron chi connectivity index (χ0n) is 8.72. The summed E-state index contributed by atoms with van der Waals surface area (Å²) in [6.07, 6.45) is 6.08. The molecule has 5 atom stereocenters. The van der Waals surface area contributed by atoms with Crippen LogP contribution in [-0.2, 0) is 0 Å². The molecule has 12 heavy (non-hydrogen) atoms. The van der Waals surface area contributed by atoms with Gasteiger partial charge in [-0.05, 0) is 48.9 Å². The van der Waals surface area contributed by atoms with E-state index in [1.165, 1.54) is 25.7 Å². The monoisotopic (exact) mass is 166 g/mol. The van der Waals surface area contributed by atoms with E-state index in [-0.39, 0.29) is 0 Å². The van der Waals surface area contributed by atoms with Gasteiger partial charge in [-0.2, -0.15) is 0 Å². The zero-order valence-corrected chi connectivity index (χ0v) is 8.72. The van der Waals surface area contributed by atoms with Gasteiger partial charge >= 0.3 is 0 Å². The predicted molar refractivity (Wildman–Crippen MR) is 52.9 cm³/mol. The van der Waals surface area contributed by atoms with Gasteiger partial charge in [0.2, 0.25) is 0 Å². The molecule has 0 aliphatic heterocycles. The van der Waals surface area contributed by atoms with Crippen molar-refractivity contribution in [3.8, 4) is 0 Å². The molecule has 0 spiro atoms. The van der Waals surface area contributed by atoms with Gasteiger partial charge in [-0.25, -0.2) is 0 Å². The van der Waals surface area contributed by atoms with E-state index in [2.05, 4.69) is 20.8 Å². The molecule has 2 fully saturated rings. The standard InChI is InChI=1S/C12H22/c1-8-4-5-11-6-9(2)10(3)7-12(8)11/h8-12H,4-7H2,1-3H3. The first kappa shape index (κ1) is 8.59. The van der Waals surface area contributed by atoms with E-state index >= 15 is 0 Å². The maximum atomic E-state index is 2.47. The minimum absolute atomic E-state index is 0.992. The normalized spacial score (nSPS) is 53.8. The fraction of sp³-hybridized carbons (Fsp3) is 1.00. The molecule has 0 saturated heterocycles. The summed E-state index contributed by atoms with van der Waals surface area (Å²) in [5, 5.41) is 0. The minimum atomic E-state index is 0.992. The molecule has 2 rings (SSSR count). The second-order valence-electron chi connectivity index (χ2n) is 5.40. The molecule has 0 nitrogen and oxygen atoms in total. The molecule has 0 bridgehead atoms. The number of hydrogen-bond donors (Lipinski definition) is 0. The Morgan fingerprint density at radius 3 is 2.17 bits per heavy atom. The van der Waals surface area contributed by atoms with Crippen molar-refractivity contribution in [3.05, 3.63) is 0 Å². The van der Waals surface area contributed by atoms with E-state index in [1.54, 1.807) is 0 Å². The zero-order chi connectivity index (χ0) is 8.72. The summed E-state index contributed by atoms with van der Waals surface area (Å²) in [6.45, 7) is 7.36. The third kappa shape index (κ3) is 1.30. The lowest BCUT2D eigenvalue weighted by Crippen LogP contribution is -2.28. The number of fused-ring (bicyclic) bond motifs is 1. The minimum Gasteiger partial charge on any atom is -0.0622 e. The Labute approximate surface area is 76.7 Å². The third-order valence-corrected chi connectivity index (χ3v) is 4.62. The van der Waals surface area contributed by atoms with Crippen LogP contribution in [0.3, 0.4) is 0 Å². The molecule has 0 heteroatoms. The topological polar surface area (TPSA) is 0 Å². The van der Waals surface area contributed by atoms with Crippen LogP contribution in [-0.4, -0.2) is 0 Å². The van der Waals surface area contributed by atoms with Crippen molar-refractivity contribution in [1.29, 1.82) is 0 Å². The van der Waals surface area contributed by atoms with E-state index < -0.39 is 0 Å². The molecule has 5 unspecified atom stereocenters.